The van der Waals surface area contributed by atoms with Gasteiger partial charge in [-0.2, -0.15) is 0 Å². The number of hydrogen-bond acceptors (Lipinski definition) is 4. The molecule has 0 aliphatic rings. The standard InChI is InChI=1S/C16H14BrN3O2S/c17-12-3-5-13(6-4-12)19-15(21)11-23-16-18-7-8-20(16)10-14-2-1-9-22-14/h1-9H,10-11H2,(H,19,21). The van der Waals surface area contributed by atoms with E-state index in [2.05, 4.69) is 26.2 Å². The zero-order valence-corrected chi connectivity index (χ0v) is 14.5. The van der Waals surface area contributed by atoms with Gasteiger partial charge in [0.05, 0.1) is 18.6 Å². The van der Waals surface area contributed by atoms with Gasteiger partial charge in [0.1, 0.15) is 5.76 Å². The van der Waals surface area contributed by atoms with Crippen molar-refractivity contribution >= 4 is 39.3 Å². The van der Waals surface area contributed by atoms with E-state index in [9.17, 15) is 4.79 Å². The summed E-state index contributed by atoms with van der Waals surface area (Å²) in [5, 5.41) is 3.65. The Kier molecular flexibility index (Phi) is 5.19. The number of rotatable bonds is 6. The van der Waals surface area contributed by atoms with Crippen LogP contribution in [0.15, 0.2) is 69.1 Å². The maximum atomic E-state index is 12.0. The summed E-state index contributed by atoms with van der Waals surface area (Å²) in [5.74, 6) is 1.08. The summed E-state index contributed by atoms with van der Waals surface area (Å²) in [6, 6.07) is 11.2. The lowest BCUT2D eigenvalue weighted by molar-refractivity contribution is -0.113. The molecule has 5 nitrogen and oxygen atoms in total. The van der Waals surface area contributed by atoms with Crippen LogP contribution in [0, 0.1) is 0 Å². The van der Waals surface area contributed by atoms with E-state index in [-0.39, 0.29) is 5.91 Å². The lowest BCUT2D eigenvalue weighted by atomic mass is 10.3. The predicted octanol–water partition coefficient (Wildman–Crippen LogP) is 4.02. The molecule has 0 aliphatic heterocycles. The number of furan rings is 1. The minimum absolute atomic E-state index is 0.0649. The molecular formula is C16H14BrN3O2S. The largest absolute Gasteiger partial charge is 0.467 e. The molecule has 0 radical (unpaired) electrons. The molecule has 0 aliphatic carbocycles. The number of carbonyl (C=O) groups excluding carboxylic acids is 1. The normalized spacial score (nSPS) is 10.7. The molecule has 1 amide bonds. The van der Waals surface area contributed by atoms with E-state index in [1.165, 1.54) is 11.8 Å². The van der Waals surface area contributed by atoms with E-state index < -0.39 is 0 Å². The summed E-state index contributed by atoms with van der Waals surface area (Å²) in [5.41, 5.74) is 0.776. The van der Waals surface area contributed by atoms with E-state index >= 15 is 0 Å². The molecule has 3 rings (SSSR count). The van der Waals surface area contributed by atoms with Crippen LogP contribution >= 0.6 is 27.7 Å². The molecule has 0 bridgehead atoms. The van der Waals surface area contributed by atoms with E-state index in [0.29, 0.717) is 12.3 Å². The lowest BCUT2D eigenvalue weighted by Crippen LogP contribution is -2.14. The van der Waals surface area contributed by atoms with Gasteiger partial charge in [-0.3, -0.25) is 4.79 Å². The molecule has 2 aromatic heterocycles. The Morgan fingerprint density at radius 2 is 2.13 bits per heavy atom. The highest BCUT2D eigenvalue weighted by Crippen LogP contribution is 2.19. The van der Waals surface area contributed by atoms with Crippen LogP contribution in [-0.4, -0.2) is 21.2 Å². The van der Waals surface area contributed by atoms with Gasteiger partial charge in [-0.05, 0) is 36.4 Å². The molecule has 23 heavy (non-hydrogen) atoms. The molecule has 0 saturated carbocycles. The quantitative estimate of drug-likeness (QED) is 0.644. The predicted molar refractivity (Wildman–Crippen MR) is 93.5 cm³/mol. The summed E-state index contributed by atoms with van der Waals surface area (Å²) in [6.07, 6.45) is 5.24. The van der Waals surface area contributed by atoms with Crippen molar-refractivity contribution in [2.24, 2.45) is 0 Å². The Morgan fingerprint density at radius 1 is 1.30 bits per heavy atom. The smallest absolute Gasteiger partial charge is 0.234 e. The Bertz CT molecular complexity index is 769. The molecule has 1 aromatic carbocycles. The van der Waals surface area contributed by atoms with Gasteiger partial charge in [0.15, 0.2) is 5.16 Å². The zero-order valence-electron chi connectivity index (χ0n) is 12.1. The first kappa shape index (κ1) is 15.9. The number of thioether (sulfide) groups is 1. The number of anilines is 1. The summed E-state index contributed by atoms with van der Waals surface area (Å²) in [4.78, 5) is 16.3. The van der Waals surface area contributed by atoms with Gasteiger partial charge in [0.25, 0.3) is 0 Å². The lowest BCUT2D eigenvalue weighted by Gasteiger charge is -2.07. The SMILES string of the molecule is O=C(CSc1nccn1Cc1ccco1)Nc1ccc(Br)cc1. The molecule has 3 aromatic rings. The summed E-state index contributed by atoms with van der Waals surface area (Å²) < 4.78 is 8.27. The number of carbonyl (C=O) groups is 1. The Hall–Kier alpha value is -1.99. The molecule has 7 heteroatoms. The van der Waals surface area contributed by atoms with E-state index in [1.54, 1.807) is 12.5 Å². The van der Waals surface area contributed by atoms with Crippen molar-refractivity contribution < 1.29 is 9.21 Å². The fourth-order valence-corrected chi connectivity index (χ4v) is 3.01. The highest BCUT2D eigenvalue weighted by atomic mass is 79.9. The van der Waals surface area contributed by atoms with Crippen molar-refractivity contribution in [2.75, 3.05) is 11.1 Å². The monoisotopic (exact) mass is 391 g/mol. The average Bonchev–Trinajstić information content (AvgIpc) is 3.20. The number of amides is 1. The molecule has 0 fully saturated rings. The van der Waals surface area contributed by atoms with Crippen LogP contribution < -0.4 is 5.32 Å². The maximum absolute atomic E-state index is 12.0. The minimum atomic E-state index is -0.0649. The second-order valence-corrected chi connectivity index (χ2v) is 6.62. The average molecular weight is 392 g/mol. The third-order valence-electron chi connectivity index (χ3n) is 3.04. The summed E-state index contributed by atoms with van der Waals surface area (Å²) in [6.45, 7) is 0.601. The zero-order chi connectivity index (χ0) is 16.1. The van der Waals surface area contributed by atoms with Crippen molar-refractivity contribution in [3.05, 3.63) is 65.3 Å². The Balaban J connectivity index is 1.55. The van der Waals surface area contributed by atoms with Gasteiger partial charge in [-0.1, -0.05) is 27.7 Å². The third-order valence-corrected chi connectivity index (χ3v) is 4.58. The van der Waals surface area contributed by atoms with Crippen LogP contribution in [-0.2, 0) is 11.3 Å². The molecule has 1 N–H and O–H groups in total. The number of nitrogens with one attached hydrogen (secondary N) is 1. The summed E-state index contributed by atoms with van der Waals surface area (Å²) in [7, 11) is 0. The van der Waals surface area contributed by atoms with Crippen molar-refractivity contribution in [3.63, 3.8) is 0 Å². The number of halogens is 1. The highest BCUT2D eigenvalue weighted by molar-refractivity contribution is 9.10. The second kappa shape index (κ2) is 7.52. The van der Waals surface area contributed by atoms with Crippen LogP contribution in [0.4, 0.5) is 5.69 Å². The van der Waals surface area contributed by atoms with Gasteiger partial charge in [0, 0.05) is 22.6 Å². The van der Waals surface area contributed by atoms with Crippen LogP contribution in [0.1, 0.15) is 5.76 Å². The highest BCUT2D eigenvalue weighted by Gasteiger charge is 2.09. The van der Waals surface area contributed by atoms with E-state index in [0.717, 1.165) is 21.1 Å². The van der Waals surface area contributed by atoms with Crippen molar-refractivity contribution in [3.8, 4) is 0 Å². The van der Waals surface area contributed by atoms with Gasteiger partial charge >= 0.3 is 0 Å². The third kappa shape index (κ3) is 4.49. The van der Waals surface area contributed by atoms with Crippen LogP contribution in [0.5, 0.6) is 0 Å². The van der Waals surface area contributed by atoms with Gasteiger partial charge < -0.3 is 14.3 Å². The molecule has 2 heterocycles. The first-order valence-corrected chi connectivity index (χ1v) is 8.70. The molecule has 118 valence electrons. The fraction of sp³-hybridized carbons (Fsp3) is 0.125. The van der Waals surface area contributed by atoms with E-state index in [1.807, 2.05) is 47.2 Å². The molecular weight excluding hydrogens is 378 g/mol. The van der Waals surface area contributed by atoms with Gasteiger partial charge in [0.2, 0.25) is 5.91 Å². The number of imidazole rings is 1. The number of benzene rings is 1. The molecule has 0 unspecified atom stereocenters. The second-order valence-electron chi connectivity index (χ2n) is 4.76. The Morgan fingerprint density at radius 3 is 2.87 bits per heavy atom. The molecule has 0 spiro atoms. The minimum Gasteiger partial charge on any atom is -0.467 e. The topological polar surface area (TPSA) is 60.1 Å². The van der Waals surface area contributed by atoms with Gasteiger partial charge in [-0.15, -0.1) is 0 Å². The molecule has 0 saturated heterocycles. The number of hydrogen-bond donors (Lipinski definition) is 1. The van der Waals surface area contributed by atoms with Crippen molar-refractivity contribution in [1.82, 2.24) is 9.55 Å². The van der Waals surface area contributed by atoms with Crippen LogP contribution in [0.3, 0.4) is 0 Å². The first-order chi connectivity index (χ1) is 11.2. The molecule has 0 atom stereocenters. The summed E-state index contributed by atoms with van der Waals surface area (Å²) >= 11 is 4.76. The fourth-order valence-electron chi connectivity index (χ4n) is 1.99. The van der Waals surface area contributed by atoms with Crippen molar-refractivity contribution in [1.29, 1.82) is 0 Å². The van der Waals surface area contributed by atoms with Crippen molar-refractivity contribution in [2.45, 2.75) is 11.7 Å². The number of nitrogens with zero attached hydrogens (tertiary/aromatic N) is 2. The van der Waals surface area contributed by atoms with Crippen LogP contribution in [0.25, 0.3) is 0 Å². The van der Waals surface area contributed by atoms with Crippen LogP contribution in [0.2, 0.25) is 0 Å². The first-order valence-electron chi connectivity index (χ1n) is 6.92. The number of aromatic nitrogens is 2. The Labute approximate surface area is 146 Å². The maximum Gasteiger partial charge on any atom is 0.234 e. The van der Waals surface area contributed by atoms with E-state index in [4.69, 9.17) is 4.42 Å². The van der Waals surface area contributed by atoms with Gasteiger partial charge in [-0.25, -0.2) is 4.98 Å².